The van der Waals surface area contributed by atoms with Gasteiger partial charge < -0.3 is 18.9 Å². The molecule has 1 radical (unpaired) electrons. The van der Waals surface area contributed by atoms with Crippen LogP contribution in [0.15, 0.2) is 218 Å². The summed E-state index contributed by atoms with van der Waals surface area (Å²) >= 11 is 0. The number of nitrogens with one attached hydrogen (secondary N) is 8. The largest absolute Gasteiger partial charge is 2.00 e. The fourth-order valence-electron chi connectivity index (χ4n) is 20.9. The van der Waals surface area contributed by atoms with E-state index in [1.165, 1.54) is 44.5 Å². The van der Waals surface area contributed by atoms with Crippen molar-refractivity contribution >= 4 is 0 Å². The normalized spacial score (nSPS) is 32.3. The molecule has 0 aromatic heterocycles. The van der Waals surface area contributed by atoms with Gasteiger partial charge in [-0.2, -0.15) is 0 Å². The topological polar surface area (TPSA) is 133 Å². The van der Waals surface area contributed by atoms with Crippen molar-refractivity contribution in [3.63, 3.8) is 0 Å². The molecule has 553 valence electrons. The fourth-order valence-corrected chi connectivity index (χ4v) is 20.9. The van der Waals surface area contributed by atoms with E-state index in [1.807, 2.05) is 0 Å². The predicted octanol–water partition coefficient (Wildman–Crippen LogP) is 16.1. The van der Waals surface area contributed by atoms with Crippen molar-refractivity contribution in [3.8, 4) is 23.0 Å². The molecule has 0 amide bonds. The standard InChI is InChI=1S/C92H112N8O4.Cu/c1-89(2,57-21-13-9-14-22-57)61-29-37-65(38-30-61)101-69-45-49-73-77(53-69)85-95-81(73)93-82-75-51-47-71(103-67-41-33-63(34-42-67)91(5,6)59-25-17-11-18-26-59)55-79(75)87(97-82)100-88-80-56-72(104-68-43-35-64(36-44-68)92(7,8)60-27-19-12-20-28-60)48-52-76(80)84(98-88)94-83-74-50-46-70(54-78(74)86(96-83)99-85)102-66-39-31-62(32-40-66)90(3,4)58-23-15-10-16-24-58;/h9-44,69-88,93-100H,45-56H2,1-8H3;/q;+2. The minimum absolute atomic E-state index is 0. The summed E-state index contributed by atoms with van der Waals surface area (Å²) in [6, 6.07) is 79.5. The van der Waals surface area contributed by atoms with Crippen molar-refractivity contribution in [2.75, 3.05) is 0 Å². The Balaban J connectivity index is 0.00000847. The second-order valence-electron chi connectivity index (χ2n) is 34.7. The van der Waals surface area contributed by atoms with Gasteiger partial charge in [0.15, 0.2) is 0 Å². The zero-order chi connectivity index (χ0) is 70.9. The monoisotopic (exact) mass is 1460 g/mol. The van der Waals surface area contributed by atoms with Crippen molar-refractivity contribution in [2.45, 2.75) is 228 Å². The van der Waals surface area contributed by atoms with E-state index in [9.17, 15) is 0 Å². The SMILES string of the molecule is CC(C)(c1ccccc1)c1ccc(OC2CCC3C4NC5NC(NC6NC(NC7NC(NC(N4)C3C2)C2CC(Oc3ccc(C(C)(C)c4ccccc4)cc3)CCC72)C2CCC(Oc3ccc(C(C)(C)c4ccccc4)cc3)CC62)C2CC(Oc3ccc(C(C)(C)c4ccccc4)cc3)CCC52)cc1.[Cu+2]. The molecule has 8 aromatic carbocycles. The van der Waals surface area contributed by atoms with Crippen molar-refractivity contribution in [3.05, 3.63) is 263 Å². The maximum absolute atomic E-state index is 7.15. The maximum atomic E-state index is 7.15. The first-order valence-corrected chi connectivity index (χ1v) is 39.8. The number of hydrogen-bond acceptors (Lipinski definition) is 12. The number of fused-ring (bicyclic) bond motifs is 20. The van der Waals surface area contributed by atoms with Crippen molar-refractivity contribution in [1.29, 1.82) is 0 Å². The molecule has 17 rings (SSSR count). The minimum atomic E-state index is -0.126. The molecule has 9 fully saturated rings. The molecule has 8 bridgehead atoms. The Morgan fingerprint density at radius 1 is 0.210 bits per heavy atom. The van der Waals surface area contributed by atoms with Gasteiger partial charge in [0.25, 0.3) is 0 Å². The van der Waals surface area contributed by atoms with E-state index in [0.29, 0.717) is 47.3 Å². The molecule has 0 spiro atoms. The smallest absolute Gasteiger partial charge is 0.490 e. The second-order valence-corrected chi connectivity index (χ2v) is 34.7. The molecule has 20 atom stereocenters. The van der Waals surface area contributed by atoms with Crippen LogP contribution in [0, 0.1) is 47.3 Å². The average molecular weight is 1460 g/mol. The minimum Gasteiger partial charge on any atom is -0.490 e. The molecule has 8 N–H and O–H groups in total. The summed E-state index contributed by atoms with van der Waals surface area (Å²) in [5.74, 6) is 6.71. The zero-order valence-electron chi connectivity index (χ0n) is 62.8. The Morgan fingerprint density at radius 3 is 0.552 bits per heavy atom. The van der Waals surface area contributed by atoms with Crippen LogP contribution >= 0.6 is 0 Å². The molecule has 5 saturated heterocycles. The molecular formula is C92H112CuN8O4+2. The third-order valence-electron chi connectivity index (χ3n) is 27.4. The summed E-state index contributed by atoms with van der Waals surface area (Å²) in [5.41, 5.74) is 9.89. The van der Waals surface area contributed by atoms with Gasteiger partial charge in [0, 0.05) is 21.7 Å². The van der Waals surface area contributed by atoms with Crippen LogP contribution < -0.4 is 61.5 Å². The van der Waals surface area contributed by atoms with E-state index < -0.39 is 0 Å². The zero-order valence-corrected chi connectivity index (χ0v) is 63.7. The van der Waals surface area contributed by atoms with Crippen molar-refractivity contribution in [2.24, 2.45) is 47.3 Å². The summed E-state index contributed by atoms with van der Waals surface area (Å²) in [6.07, 6.45) is 13.1. The molecule has 5 heterocycles. The molecule has 9 aliphatic rings. The van der Waals surface area contributed by atoms with E-state index in [4.69, 9.17) is 18.9 Å². The van der Waals surface area contributed by atoms with Gasteiger partial charge in [-0.1, -0.05) is 225 Å². The number of rotatable bonds is 16. The van der Waals surface area contributed by atoms with Crippen LogP contribution in [-0.4, -0.2) is 73.7 Å². The number of hydrogen-bond donors (Lipinski definition) is 8. The van der Waals surface area contributed by atoms with Gasteiger partial charge in [-0.05, 0) is 217 Å². The Kier molecular flexibility index (Phi) is 20.6. The first-order chi connectivity index (χ1) is 50.4. The van der Waals surface area contributed by atoms with Crippen LogP contribution in [-0.2, 0) is 38.7 Å². The van der Waals surface area contributed by atoms with Gasteiger partial charge in [-0.3, -0.25) is 42.5 Å². The molecule has 20 unspecified atom stereocenters. The summed E-state index contributed by atoms with van der Waals surface area (Å²) in [4.78, 5) is 0. The predicted molar refractivity (Wildman–Crippen MR) is 416 cm³/mol. The van der Waals surface area contributed by atoms with E-state index in [2.05, 4.69) is 316 Å². The first kappa shape index (κ1) is 72.4. The van der Waals surface area contributed by atoms with Crippen LogP contribution in [0.2, 0.25) is 0 Å². The Morgan fingerprint density at radius 2 is 0.371 bits per heavy atom. The summed E-state index contributed by atoms with van der Waals surface area (Å²) in [5, 5.41) is 35.3. The Bertz CT molecular complexity index is 3630. The molecule has 8 aromatic rings. The van der Waals surface area contributed by atoms with Gasteiger partial charge in [-0.25, -0.2) is 0 Å². The average Bonchev–Trinajstić information content (AvgIpc) is 1.60. The van der Waals surface area contributed by atoms with E-state index in [1.54, 1.807) is 0 Å². The number of ether oxygens (including phenoxy) is 4. The summed E-state index contributed by atoms with van der Waals surface area (Å²) < 4.78 is 28.6. The summed E-state index contributed by atoms with van der Waals surface area (Å²) in [6.45, 7) is 18.6. The molecule has 105 heavy (non-hydrogen) atoms. The molecule has 13 heteroatoms. The van der Waals surface area contributed by atoms with Gasteiger partial charge in [0.1, 0.15) is 23.0 Å². The van der Waals surface area contributed by atoms with Crippen molar-refractivity contribution in [1.82, 2.24) is 42.5 Å². The van der Waals surface area contributed by atoms with Gasteiger partial charge in [0.2, 0.25) is 0 Å². The molecule has 4 aliphatic carbocycles. The third-order valence-corrected chi connectivity index (χ3v) is 27.4. The van der Waals surface area contributed by atoms with Crippen LogP contribution in [0.5, 0.6) is 23.0 Å². The molecule has 5 aliphatic heterocycles. The van der Waals surface area contributed by atoms with E-state index >= 15 is 0 Å². The molecular weight excluding hydrogens is 1340 g/mol. The maximum Gasteiger partial charge on any atom is 2.00 e. The van der Waals surface area contributed by atoms with Crippen LogP contribution in [0.1, 0.15) is 177 Å². The Labute approximate surface area is 635 Å². The van der Waals surface area contributed by atoms with Crippen molar-refractivity contribution < 1.29 is 36.0 Å². The van der Waals surface area contributed by atoms with Gasteiger partial charge in [-0.15, -0.1) is 0 Å². The van der Waals surface area contributed by atoms with Crippen LogP contribution in [0.4, 0.5) is 0 Å². The van der Waals surface area contributed by atoms with Gasteiger partial charge >= 0.3 is 17.1 Å². The van der Waals surface area contributed by atoms with Gasteiger partial charge in [0.05, 0.1) is 73.7 Å². The second kappa shape index (κ2) is 30.0. The molecule has 12 nitrogen and oxygen atoms in total. The Hall–Kier alpha value is -6.84. The summed E-state index contributed by atoms with van der Waals surface area (Å²) in [7, 11) is 0. The van der Waals surface area contributed by atoms with E-state index in [0.717, 1.165) is 100 Å². The van der Waals surface area contributed by atoms with Crippen LogP contribution in [0.3, 0.4) is 0 Å². The third kappa shape index (κ3) is 14.6. The first-order valence-electron chi connectivity index (χ1n) is 39.8. The quantitative estimate of drug-likeness (QED) is 0.0438. The number of benzene rings is 8. The van der Waals surface area contributed by atoms with E-state index in [-0.39, 0.29) is 112 Å². The molecule has 4 saturated carbocycles. The van der Waals surface area contributed by atoms with Crippen LogP contribution in [0.25, 0.3) is 0 Å². The fraction of sp³-hybridized carbons (Fsp3) is 0.478.